The largest absolute Gasteiger partial charge is 0.465 e. The number of hydrogen-bond donors (Lipinski definition) is 3. The van der Waals surface area contributed by atoms with Gasteiger partial charge in [0, 0.05) is 29.0 Å². The zero-order chi connectivity index (χ0) is 16.4. The second-order valence-corrected chi connectivity index (χ2v) is 7.30. The topological polar surface area (TPSA) is 95.3 Å². The Morgan fingerprint density at radius 3 is 2.62 bits per heavy atom. The number of aromatic amines is 1. The molecule has 7 nitrogen and oxygen atoms in total. The lowest BCUT2D eigenvalue weighted by atomic mass is 9.56. The second-order valence-electron chi connectivity index (χ2n) is 7.30. The van der Waals surface area contributed by atoms with Crippen molar-refractivity contribution in [3.8, 4) is 0 Å². The molecule has 0 atom stereocenters. The summed E-state index contributed by atoms with van der Waals surface area (Å²) in [6.07, 6.45) is 10.5. The summed E-state index contributed by atoms with van der Waals surface area (Å²) in [6.45, 7) is 0. The third-order valence-electron chi connectivity index (χ3n) is 6.20. The highest BCUT2D eigenvalue weighted by molar-refractivity contribution is 5.75. The van der Waals surface area contributed by atoms with E-state index in [9.17, 15) is 4.79 Å². The third-order valence-corrected chi connectivity index (χ3v) is 6.20. The Kier molecular flexibility index (Phi) is 2.59. The van der Waals surface area contributed by atoms with Crippen molar-refractivity contribution in [3.05, 3.63) is 30.4 Å². The van der Waals surface area contributed by atoms with Crippen LogP contribution in [-0.4, -0.2) is 36.1 Å². The van der Waals surface area contributed by atoms with Gasteiger partial charge in [0.05, 0.1) is 11.7 Å². The molecule has 3 aliphatic rings. The third kappa shape index (κ3) is 1.75. The quantitative estimate of drug-likeness (QED) is 0.675. The summed E-state index contributed by atoms with van der Waals surface area (Å²) in [5, 5.41) is 11.9. The fraction of sp³-hybridized carbons (Fsp3) is 0.471. The van der Waals surface area contributed by atoms with Gasteiger partial charge < -0.3 is 15.4 Å². The smallest absolute Gasteiger partial charge is 0.405 e. The van der Waals surface area contributed by atoms with Gasteiger partial charge in [0.25, 0.3) is 0 Å². The lowest BCUT2D eigenvalue weighted by Gasteiger charge is -2.53. The lowest BCUT2D eigenvalue weighted by molar-refractivity contribution is 0.0723. The van der Waals surface area contributed by atoms with Gasteiger partial charge in [0.1, 0.15) is 0 Å². The molecule has 6 rings (SSSR count). The van der Waals surface area contributed by atoms with E-state index in [0.717, 1.165) is 55.3 Å². The fourth-order valence-corrected chi connectivity index (χ4v) is 4.83. The number of rotatable bonds is 2. The highest BCUT2D eigenvalue weighted by atomic mass is 16.4. The molecule has 3 saturated carbocycles. The summed E-state index contributed by atoms with van der Waals surface area (Å²) < 4.78 is 2.22. The summed E-state index contributed by atoms with van der Waals surface area (Å²) in [4.78, 5) is 23.3. The summed E-state index contributed by atoms with van der Waals surface area (Å²) in [5.41, 5.74) is 3.91. The monoisotopic (exact) mass is 325 g/mol. The number of imidazole rings is 1. The Morgan fingerprint density at radius 2 is 1.92 bits per heavy atom. The van der Waals surface area contributed by atoms with Crippen LogP contribution in [0.3, 0.4) is 0 Å². The summed E-state index contributed by atoms with van der Waals surface area (Å²) in [6, 6.07) is 2.04. The first kappa shape index (κ1) is 13.8. The van der Waals surface area contributed by atoms with Gasteiger partial charge in [-0.15, -0.1) is 0 Å². The van der Waals surface area contributed by atoms with E-state index in [4.69, 9.17) is 5.11 Å². The van der Waals surface area contributed by atoms with Crippen LogP contribution in [0.4, 0.5) is 4.79 Å². The molecule has 124 valence electrons. The van der Waals surface area contributed by atoms with Crippen molar-refractivity contribution in [1.82, 2.24) is 24.7 Å². The van der Waals surface area contributed by atoms with Crippen molar-refractivity contribution in [1.29, 1.82) is 0 Å². The molecule has 3 N–H and O–H groups in total. The first-order valence-corrected chi connectivity index (χ1v) is 8.42. The Balaban J connectivity index is 1.60. The number of nitrogens with zero attached hydrogens (tertiary/aromatic N) is 3. The van der Waals surface area contributed by atoms with Gasteiger partial charge in [-0.3, -0.25) is 4.40 Å². The van der Waals surface area contributed by atoms with Crippen LogP contribution >= 0.6 is 0 Å². The van der Waals surface area contributed by atoms with E-state index in [1.165, 1.54) is 5.69 Å². The maximum Gasteiger partial charge on any atom is 0.405 e. The van der Waals surface area contributed by atoms with Crippen LogP contribution in [-0.2, 0) is 5.41 Å². The van der Waals surface area contributed by atoms with E-state index in [-0.39, 0.29) is 11.0 Å². The predicted octanol–water partition coefficient (Wildman–Crippen LogP) is 2.82. The SMILES string of the molecule is O=C(O)NC12CCC(c3cnc4cnc5[nH]ccc5n34)(CC1)CC2. The van der Waals surface area contributed by atoms with Crippen LogP contribution in [0, 0.1) is 0 Å². The van der Waals surface area contributed by atoms with Crippen molar-refractivity contribution < 1.29 is 9.90 Å². The first-order valence-electron chi connectivity index (χ1n) is 8.42. The molecule has 2 bridgehead atoms. The molecule has 1 amide bonds. The van der Waals surface area contributed by atoms with Gasteiger partial charge in [-0.25, -0.2) is 14.8 Å². The number of carbonyl (C=O) groups is 1. The zero-order valence-electron chi connectivity index (χ0n) is 13.2. The number of aromatic nitrogens is 4. The normalized spacial score (nSPS) is 29.3. The molecular formula is C17H19N5O2. The van der Waals surface area contributed by atoms with E-state index < -0.39 is 6.09 Å². The van der Waals surface area contributed by atoms with Crippen LogP contribution in [0.5, 0.6) is 0 Å². The van der Waals surface area contributed by atoms with Crippen LogP contribution in [0.25, 0.3) is 16.8 Å². The molecule has 0 radical (unpaired) electrons. The van der Waals surface area contributed by atoms with Crippen molar-refractivity contribution in [2.75, 3.05) is 0 Å². The molecule has 0 unspecified atom stereocenters. The molecule has 0 aliphatic heterocycles. The van der Waals surface area contributed by atoms with Gasteiger partial charge >= 0.3 is 6.09 Å². The molecule has 3 heterocycles. The van der Waals surface area contributed by atoms with E-state index >= 15 is 0 Å². The van der Waals surface area contributed by atoms with Gasteiger partial charge in [0.2, 0.25) is 0 Å². The van der Waals surface area contributed by atoms with Crippen LogP contribution in [0.15, 0.2) is 24.7 Å². The zero-order valence-corrected chi connectivity index (χ0v) is 13.2. The average Bonchev–Trinajstić information content (AvgIpc) is 3.21. The van der Waals surface area contributed by atoms with E-state index in [1.54, 1.807) is 6.20 Å². The minimum atomic E-state index is -0.903. The summed E-state index contributed by atoms with van der Waals surface area (Å²) in [5.74, 6) is 0. The number of carboxylic acid groups (broad SMARTS) is 1. The van der Waals surface area contributed by atoms with Crippen molar-refractivity contribution in [2.45, 2.75) is 49.5 Å². The molecule has 0 spiro atoms. The molecule has 3 fully saturated rings. The molecule has 0 aromatic carbocycles. The number of amides is 1. The average molecular weight is 325 g/mol. The van der Waals surface area contributed by atoms with Crippen molar-refractivity contribution in [3.63, 3.8) is 0 Å². The van der Waals surface area contributed by atoms with E-state index in [1.807, 2.05) is 18.5 Å². The molecule has 3 aromatic heterocycles. The molecule has 7 heteroatoms. The van der Waals surface area contributed by atoms with E-state index in [2.05, 4.69) is 24.7 Å². The van der Waals surface area contributed by atoms with Gasteiger partial charge in [-0.1, -0.05) is 0 Å². The van der Waals surface area contributed by atoms with Crippen LogP contribution < -0.4 is 5.32 Å². The van der Waals surface area contributed by atoms with Gasteiger partial charge in [-0.2, -0.15) is 0 Å². The number of hydrogen-bond acceptors (Lipinski definition) is 3. The Hall–Kier alpha value is -2.57. The highest BCUT2D eigenvalue weighted by Gasteiger charge is 2.51. The van der Waals surface area contributed by atoms with Crippen LogP contribution in [0.1, 0.15) is 44.2 Å². The van der Waals surface area contributed by atoms with Gasteiger partial charge in [0.15, 0.2) is 11.3 Å². The number of fused-ring (bicyclic) bond motifs is 6. The van der Waals surface area contributed by atoms with Crippen molar-refractivity contribution >= 4 is 22.9 Å². The highest BCUT2D eigenvalue weighted by Crippen LogP contribution is 2.53. The maximum atomic E-state index is 11.1. The minimum Gasteiger partial charge on any atom is -0.465 e. The Morgan fingerprint density at radius 1 is 1.17 bits per heavy atom. The minimum absolute atomic E-state index is 0.0902. The molecular weight excluding hydrogens is 306 g/mol. The molecule has 24 heavy (non-hydrogen) atoms. The Bertz CT molecular complexity index is 932. The standard InChI is InChI=1S/C17H19N5O2/c23-15(24)21-17-5-2-16(3-6-17,4-7-17)12-9-19-13-10-20-14-11(22(12)13)1-8-18-14/h1,8-10,18,21H,2-7H2,(H,23,24). The van der Waals surface area contributed by atoms with E-state index in [0.29, 0.717) is 0 Å². The van der Waals surface area contributed by atoms with Crippen molar-refractivity contribution in [2.24, 2.45) is 0 Å². The predicted molar refractivity (Wildman–Crippen MR) is 88.1 cm³/mol. The number of nitrogens with one attached hydrogen (secondary N) is 2. The molecule has 0 saturated heterocycles. The molecule has 3 aliphatic carbocycles. The first-order chi connectivity index (χ1) is 11.6. The fourth-order valence-electron chi connectivity index (χ4n) is 4.83. The molecule has 3 aromatic rings. The maximum absolute atomic E-state index is 11.1. The number of H-pyrrole nitrogens is 1. The summed E-state index contributed by atoms with van der Waals surface area (Å²) in [7, 11) is 0. The van der Waals surface area contributed by atoms with Crippen LogP contribution in [0.2, 0.25) is 0 Å². The Labute approximate surface area is 138 Å². The lowest BCUT2D eigenvalue weighted by Crippen LogP contribution is -2.57. The second kappa shape index (κ2) is 4.49. The summed E-state index contributed by atoms with van der Waals surface area (Å²) >= 11 is 0. The van der Waals surface area contributed by atoms with Gasteiger partial charge in [-0.05, 0) is 44.6 Å².